The van der Waals surface area contributed by atoms with Crippen molar-refractivity contribution >= 4 is 34.0 Å². The SMILES string of the molecule is CCC1C(=O)NC(=O)CN1c1ccc(N)c2cnccc12. The van der Waals surface area contributed by atoms with Gasteiger partial charge in [0.15, 0.2) is 0 Å². The van der Waals surface area contributed by atoms with Crippen LogP contribution in [-0.2, 0) is 9.59 Å². The van der Waals surface area contributed by atoms with Crippen LogP contribution in [0, 0.1) is 0 Å². The maximum absolute atomic E-state index is 12.0. The number of nitrogens with two attached hydrogens (primary N) is 1. The van der Waals surface area contributed by atoms with Gasteiger partial charge in [-0.2, -0.15) is 0 Å². The second-order valence-corrected chi connectivity index (χ2v) is 5.06. The first kappa shape index (κ1) is 13.4. The summed E-state index contributed by atoms with van der Waals surface area (Å²) in [6, 6.07) is 5.13. The van der Waals surface area contributed by atoms with Crippen LogP contribution in [0.1, 0.15) is 13.3 Å². The lowest BCUT2D eigenvalue weighted by Crippen LogP contribution is -2.58. The quantitative estimate of drug-likeness (QED) is 0.636. The van der Waals surface area contributed by atoms with Crippen molar-refractivity contribution in [2.75, 3.05) is 17.2 Å². The molecule has 1 unspecified atom stereocenters. The number of carbonyl (C=O) groups excluding carboxylic acids is 2. The number of hydrogen-bond donors (Lipinski definition) is 2. The summed E-state index contributed by atoms with van der Waals surface area (Å²) in [5.74, 6) is -0.545. The van der Waals surface area contributed by atoms with Crippen molar-refractivity contribution in [3.8, 4) is 0 Å². The van der Waals surface area contributed by atoms with E-state index in [0.717, 1.165) is 16.5 Å². The molecule has 108 valence electrons. The van der Waals surface area contributed by atoms with Gasteiger partial charge in [0.05, 0.1) is 6.54 Å². The van der Waals surface area contributed by atoms with E-state index in [-0.39, 0.29) is 24.4 Å². The highest BCUT2D eigenvalue weighted by Gasteiger charge is 2.33. The van der Waals surface area contributed by atoms with Gasteiger partial charge in [-0.15, -0.1) is 0 Å². The average Bonchev–Trinajstić information content (AvgIpc) is 2.47. The van der Waals surface area contributed by atoms with E-state index in [4.69, 9.17) is 5.73 Å². The zero-order chi connectivity index (χ0) is 15.0. The van der Waals surface area contributed by atoms with Crippen LogP contribution in [-0.4, -0.2) is 29.4 Å². The largest absolute Gasteiger partial charge is 0.398 e. The van der Waals surface area contributed by atoms with Gasteiger partial charge in [-0.3, -0.25) is 19.9 Å². The molecule has 6 heteroatoms. The Labute approximate surface area is 121 Å². The van der Waals surface area contributed by atoms with Gasteiger partial charge in [0.25, 0.3) is 0 Å². The van der Waals surface area contributed by atoms with Crippen molar-refractivity contribution in [2.24, 2.45) is 0 Å². The van der Waals surface area contributed by atoms with Crippen LogP contribution in [0.25, 0.3) is 10.8 Å². The summed E-state index contributed by atoms with van der Waals surface area (Å²) in [7, 11) is 0. The maximum atomic E-state index is 12.0. The van der Waals surface area contributed by atoms with Crippen LogP contribution in [0.4, 0.5) is 11.4 Å². The molecule has 0 spiro atoms. The predicted molar refractivity (Wildman–Crippen MR) is 80.7 cm³/mol. The van der Waals surface area contributed by atoms with E-state index in [2.05, 4.69) is 10.3 Å². The van der Waals surface area contributed by atoms with Gasteiger partial charge in [-0.05, 0) is 24.6 Å². The van der Waals surface area contributed by atoms with Gasteiger partial charge in [0, 0.05) is 34.5 Å². The molecule has 3 rings (SSSR count). The first-order chi connectivity index (χ1) is 10.1. The highest BCUT2D eigenvalue weighted by molar-refractivity contribution is 6.08. The molecule has 1 aromatic heterocycles. The van der Waals surface area contributed by atoms with E-state index in [1.807, 2.05) is 24.0 Å². The molecule has 3 N–H and O–H groups in total. The van der Waals surface area contributed by atoms with Crippen molar-refractivity contribution in [3.05, 3.63) is 30.6 Å². The standard InChI is InChI=1S/C15H16N4O2/c1-2-12-15(21)18-14(20)8-19(12)13-4-3-11(16)10-7-17-6-5-9(10)13/h3-7,12H,2,8,16H2,1H3,(H,18,20,21). The molecule has 1 aromatic carbocycles. The average molecular weight is 284 g/mol. The van der Waals surface area contributed by atoms with E-state index in [1.165, 1.54) is 0 Å². The zero-order valence-corrected chi connectivity index (χ0v) is 11.7. The van der Waals surface area contributed by atoms with E-state index in [1.54, 1.807) is 18.5 Å². The summed E-state index contributed by atoms with van der Waals surface area (Å²) in [5, 5.41) is 4.10. The van der Waals surface area contributed by atoms with Crippen molar-refractivity contribution in [3.63, 3.8) is 0 Å². The molecule has 1 aliphatic heterocycles. The Balaban J connectivity index is 2.16. The van der Waals surface area contributed by atoms with Crippen molar-refractivity contribution in [2.45, 2.75) is 19.4 Å². The molecule has 0 aliphatic carbocycles. The molecule has 2 heterocycles. The maximum Gasteiger partial charge on any atom is 0.249 e. The number of pyridine rings is 1. The molecule has 1 saturated heterocycles. The first-order valence-electron chi connectivity index (χ1n) is 6.84. The molecule has 0 bridgehead atoms. The third-order valence-corrected chi connectivity index (χ3v) is 3.78. The Bertz CT molecular complexity index is 729. The number of nitrogen functional groups attached to an aromatic ring is 1. The molecular weight excluding hydrogens is 268 g/mol. The lowest BCUT2D eigenvalue weighted by molar-refractivity contribution is -0.132. The van der Waals surface area contributed by atoms with Crippen molar-refractivity contribution < 1.29 is 9.59 Å². The third kappa shape index (κ3) is 2.18. The number of benzene rings is 1. The number of piperazine rings is 1. The molecule has 1 fully saturated rings. The van der Waals surface area contributed by atoms with Crippen LogP contribution in [0.15, 0.2) is 30.6 Å². The molecule has 2 aromatic rings. The Morgan fingerprint density at radius 3 is 2.90 bits per heavy atom. The normalized spacial score (nSPS) is 18.9. The van der Waals surface area contributed by atoms with E-state index in [9.17, 15) is 9.59 Å². The fourth-order valence-corrected chi connectivity index (χ4v) is 2.77. The minimum Gasteiger partial charge on any atom is -0.398 e. The summed E-state index contributed by atoms with van der Waals surface area (Å²) >= 11 is 0. The number of imide groups is 1. The fraction of sp³-hybridized carbons (Fsp3) is 0.267. The monoisotopic (exact) mass is 284 g/mol. The van der Waals surface area contributed by atoms with Gasteiger partial charge < -0.3 is 10.6 Å². The highest BCUT2D eigenvalue weighted by Crippen LogP contribution is 2.32. The zero-order valence-electron chi connectivity index (χ0n) is 11.7. The second kappa shape index (κ2) is 5.05. The molecule has 6 nitrogen and oxygen atoms in total. The Kier molecular flexibility index (Phi) is 3.21. The summed E-state index contributed by atoms with van der Waals surface area (Å²) < 4.78 is 0. The molecule has 21 heavy (non-hydrogen) atoms. The molecule has 0 saturated carbocycles. The summed E-state index contributed by atoms with van der Waals surface area (Å²) in [6.07, 6.45) is 4.00. The topological polar surface area (TPSA) is 88.3 Å². The van der Waals surface area contributed by atoms with Gasteiger partial charge >= 0.3 is 0 Å². The molecule has 1 aliphatic rings. The minimum atomic E-state index is -0.359. The summed E-state index contributed by atoms with van der Waals surface area (Å²) in [5.41, 5.74) is 7.43. The van der Waals surface area contributed by atoms with Crippen molar-refractivity contribution in [1.82, 2.24) is 10.3 Å². The van der Waals surface area contributed by atoms with E-state index >= 15 is 0 Å². The predicted octanol–water partition coefficient (Wildman–Crippen LogP) is 1.06. The van der Waals surface area contributed by atoms with Gasteiger partial charge in [0.2, 0.25) is 11.8 Å². The Hall–Kier alpha value is -2.63. The summed E-state index contributed by atoms with van der Waals surface area (Å²) in [6.45, 7) is 2.08. The van der Waals surface area contributed by atoms with E-state index in [0.29, 0.717) is 12.1 Å². The lowest BCUT2D eigenvalue weighted by Gasteiger charge is -2.36. The second-order valence-electron chi connectivity index (χ2n) is 5.06. The number of nitrogens with zero attached hydrogens (tertiary/aromatic N) is 2. The van der Waals surface area contributed by atoms with Crippen LogP contribution in [0.3, 0.4) is 0 Å². The first-order valence-corrected chi connectivity index (χ1v) is 6.84. The number of fused-ring (bicyclic) bond motifs is 1. The van der Waals surface area contributed by atoms with Crippen LogP contribution in [0.2, 0.25) is 0 Å². The summed E-state index contributed by atoms with van der Waals surface area (Å²) in [4.78, 5) is 29.6. The third-order valence-electron chi connectivity index (χ3n) is 3.78. The highest BCUT2D eigenvalue weighted by atomic mass is 16.2. The van der Waals surface area contributed by atoms with Crippen LogP contribution in [0.5, 0.6) is 0 Å². The molecule has 1 atom stereocenters. The number of rotatable bonds is 2. The van der Waals surface area contributed by atoms with Gasteiger partial charge in [0.1, 0.15) is 6.04 Å². The van der Waals surface area contributed by atoms with Gasteiger partial charge in [-0.1, -0.05) is 6.92 Å². The molecule has 0 radical (unpaired) electrons. The number of aromatic nitrogens is 1. The molecular formula is C15H16N4O2. The smallest absolute Gasteiger partial charge is 0.249 e. The van der Waals surface area contributed by atoms with E-state index < -0.39 is 0 Å². The number of nitrogens with one attached hydrogen (secondary N) is 1. The minimum absolute atomic E-state index is 0.158. The fourth-order valence-electron chi connectivity index (χ4n) is 2.77. The number of hydrogen-bond acceptors (Lipinski definition) is 5. The van der Waals surface area contributed by atoms with Crippen LogP contribution < -0.4 is 16.0 Å². The van der Waals surface area contributed by atoms with Crippen LogP contribution >= 0.6 is 0 Å². The lowest BCUT2D eigenvalue weighted by atomic mass is 10.0. The molecule has 2 amide bonds. The number of amides is 2. The number of anilines is 2. The Morgan fingerprint density at radius 2 is 2.14 bits per heavy atom. The number of carbonyl (C=O) groups is 2. The van der Waals surface area contributed by atoms with Gasteiger partial charge in [-0.25, -0.2) is 0 Å². The Morgan fingerprint density at radius 1 is 1.33 bits per heavy atom. The van der Waals surface area contributed by atoms with Crippen molar-refractivity contribution in [1.29, 1.82) is 0 Å².